The van der Waals surface area contributed by atoms with Gasteiger partial charge in [-0.3, -0.25) is 4.79 Å². The molecule has 0 spiro atoms. The molecule has 136 valence electrons. The second-order valence-corrected chi connectivity index (χ2v) is 8.41. The van der Waals surface area contributed by atoms with Crippen molar-refractivity contribution in [1.29, 1.82) is 0 Å². The van der Waals surface area contributed by atoms with Crippen molar-refractivity contribution in [3.05, 3.63) is 35.9 Å². The highest BCUT2D eigenvalue weighted by atomic mass is 32.1. The van der Waals surface area contributed by atoms with E-state index in [1.165, 1.54) is 56.9 Å². The fraction of sp³-hybridized carbons (Fsp3) is 0.682. The van der Waals surface area contributed by atoms with E-state index in [1.54, 1.807) is 0 Å². The van der Waals surface area contributed by atoms with Crippen molar-refractivity contribution in [3.8, 4) is 0 Å². The van der Waals surface area contributed by atoms with Crippen LogP contribution in [0.25, 0.3) is 0 Å². The highest BCUT2D eigenvalue weighted by Crippen LogP contribution is 2.34. The normalized spacial score (nSPS) is 13.0. The Morgan fingerprint density at radius 1 is 1.00 bits per heavy atom. The molecule has 0 heterocycles. The molecule has 0 bridgehead atoms. The first kappa shape index (κ1) is 21.3. The summed E-state index contributed by atoms with van der Waals surface area (Å²) in [4.78, 5) is 12.0. The third kappa shape index (κ3) is 9.52. The maximum atomic E-state index is 12.0. The topological polar surface area (TPSA) is 17.1 Å². The van der Waals surface area contributed by atoms with E-state index in [0.29, 0.717) is 0 Å². The molecule has 24 heavy (non-hydrogen) atoms. The Morgan fingerprint density at radius 3 is 2.17 bits per heavy atom. The summed E-state index contributed by atoms with van der Waals surface area (Å²) in [6.45, 7) is 6.87. The van der Waals surface area contributed by atoms with Gasteiger partial charge in [-0.05, 0) is 30.2 Å². The Morgan fingerprint density at radius 2 is 1.58 bits per heavy atom. The van der Waals surface area contributed by atoms with Gasteiger partial charge in [-0.25, -0.2) is 0 Å². The van der Waals surface area contributed by atoms with Crippen LogP contribution in [0.15, 0.2) is 30.3 Å². The standard InChI is InChI=1S/C22H36OS/c1-4-5-6-7-8-9-13-16-22(2,3)18-20(21(23)24)17-19-14-11-10-12-15-19/h10-12,14-15,20H,4-9,13,16-18H2,1-3H3,(H,23,24). The number of carbonyl (C=O) groups is 1. The predicted octanol–water partition coefficient (Wildman–Crippen LogP) is 6.86. The lowest BCUT2D eigenvalue weighted by atomic mass is 9.77. The maximum absolute atomic E-state index is 12.0. The second-order valence-electron chi connectivity index (χ2n) is 7.96. The van der Waals surface area contributed by atoms with E-state index in [2.05, 4.69) is 45.5 Å². The van der Waals surface area contributed by atoms with Crippen molar-refractivity contribution in [2.75, 3.05) is 0 Å². The first-order valence-electron chi connectivity index (χ1n) is 9.71. The van der Waals surface area contributed by atoms with Crippen LogP contribution >= 0.6 is 12.6 Å². The van der Waals surface area contributed by atoms with E-state index >= 15 is 0 Å². The molecule has 1 rings (SSSR count). The third-order valence-corrected chi connectivity index (χ3v) is 5.30. The van der Waals surface area contributed by atoms with Gasteiger partial charge in [0.2, 0.25) is 0 Å². The molecule has 0 aliphatic carbocycles. The lowest BCUT2D eigenvalue weighted by molar-refractivity contribution is -0.115. The highest BCUT2D eigenvalue weighted by Gasteiger charge is 2.26. The fourth-order valence-corrected chi connectivity index (χ4v) is 3.66. The van der Waals surface area contributed by atoms with Crippen LogP contribution in [0, 0.1) is 11.3 Å². The first-order valence-corrected chi connectivity index (χ1v) is 10.2. The summed E-state index contributed by atoms with van der Waals surface area (Å²) in [5.41, 5.74) is 1.44. The van der Waals surface area contributed by atoms with Crippen LogP contribution in [-0.4, -0.2) is 5.12 Å². The average molecular weight is 349 g/mol. The lowest BCUT2D eigenvalue weighted by Crippen LogP contribution is -2.22. The van der Waals surface area contributed by atoms with Gasteiger partial charge in [0.1, 0.15) is 0 Å². The molecule has 0 aliphatic rings. The number of unbranched alkanes of at least 4 members (excludes halogenated alkanes) is 6. The molecule has 0 saturated carbocycles. The van der Waals surface area contributed by atoms with Crippen molar-refractivity contribution in [2.24, 2.45) is 11.3 Å². The van der Waals surface area contributed by atoms with Crippen LogP contribution in [0.3, 0.4) is 0 Å². The molecule has 0 saturated heterocycles. The molecule has 2 heteroatoms. The van der Waals surface area contributed by atoms with Crippen molar-refractivity contribution in [3.63, 3.8) is 0 Å². The minimum atomic E-state index is 0.0234. The van der Waals surface area contributed by atoms with Crippen molar-refractivity contribution in [1.82, 2.24) is 0 Å². The van der Waals surface area contributed by atoms with Crippen LogP contribution < -0.4 is 0 Å². The molecule has 0 aromatic heterocycles. The summed E-state index contributed by atoms with van der Waals surface area (Å²) in [6, 6.07) is 10.3. The summed E-state index contributed by atoms with van der Waals surface area (Å²) in [5.74, 6) is 0.0234. The number of hydrogen-bond acceptors (Lipinski definition) is 1. The van der Waals surface area contributed by atoms with Gasteiger partial charge >= 0.3 is 0 Å². The number of carbonyl (C=O) groups excluding carboxylic acids is 1. The van der Waals surface area contributed by atoms with Crippen LogP contribution in [0.2, 0.25) is 0 Å². The smallest absolute Gasteiger partial charge is 0.189 e. The number of hydrogen-bond donors (Lipinski definition) is 1. The van der Waals surface area contributed by atoms with E-state index in [9.17, 15) is 4.79 Å². The molecule has 1 atom stereocenters. The van der Waals surface area contributed by atoms with Gasteiger partial charge in [0.15, 0.2) is 5.12 Å². The summed E-state index contributed by atoms with van der Waals surface area (Å²) in [6.07, 6.45) is 12.3. The molecule has 0 aliphatic heterocycles. The minimum absolute atomic E-state index is 0.0234. The van der Waals surface area contributed by atoms with E-state index in [-0.39, 0.29) is 16.4 Å². The summed E-state index contributed by atoms with van der Waals surface area (Å²) in [7, 11) is 0. The van der Waals surface area contributed by atoms with E-state index in [4.69, 9.17) is 0 Å². The summed E-state index contributed by atoms with van der Waals surface area (Å²) in [5, 5.41) is 0.0338. The Hall–Kier alpha value is -0.760. The molecule has 0 amide bonds. The fourth-order valence-electron chi connectivity index (χ4n) is 3.48. The molecular weight excluding hydrogens is 312 g/mol. The molecule has 0 N–H and O–H groups in total. The van der Waals surface area contributed by atoms with Crippen molar-refractivity contribution < 1.29 is 4.79 Å². The van der Waals surface area contributed by atoms with Gasteiger partial charge in [-0.2, -0.15) is 0 Å². The van der Waals surface area contributed by atoms with E-state index in [1.807, 2.05) is 18.2 Å². The molecule has 1 nitrogen and oxygen atoms in total. The van der Waals surface area contributed by atoms with Gasteiger partial charge in [0.05, 0.1) is 0 Å². The number of rotatable bonds is 13. The van der Waals surface area contributed by atoms with Crippen LogP contribution in [0.1, 0.15) is 84.1 Å². The zero-order chi connectivity index (χ0) is 17.8. The van der Waals surface area contributed by atoms with Crippen LogP contribution in [-0.2, 0) is 11.2 Å². The monoisotopic (exact) mass is 348 g/mol. The average Bonchev–Trinajstić information content (AvgIpc) is 2.54. The maximum Gasteiger partial charge on any atom is 0.189 e. The first-order chi connectivity index (χ1) is 11.4. The third-order valence-electron chi connectivity index (χ3n) is 4.93. The summed E-state index contributed by atoms with van der Waals surface area (Å²) < 4.78 is 0. The Balaban J connectivity index is 2.37. The van der Waals surface area contributed by atoms with E-state index in [0.717, 1.165) is 12.8 Å². The second kappa shape index (κ2) is 11.7. The zero-order valence-corrected chi connectivity index (χ0v) is 16.8. The predicted molar refractivity (Wildman–Crippen MR) is 109 cm³/mol. The zero-order valence-electron chi connectivity index (χ0n) is 15.9. The minimum Gasteiger partial charge on any atom is -0.287 e. The molecule has 0 fully saturated rings. The molecular formula is C22H36OS. The Kier molecular flexibility index (Phi) is 10.4. The lowest BCUT2D eigenvalue weighted by Gasteiger charge is -2.28. The number of thiol groups is 1. The van der Waals surface area contributed by atoms with Gasteiger partial charge in [-0.15, -0.1) is 12.6 Å². The van der Waals surface area contributed by atoms with Crippen LogP contribution in [0.5, 0.6) is 0 Å². The van der Waals surface area contributed by atoms with Gasteiger partial charge in [0, 0.05) is 5.92 Å². The SMILES string of the molecule is CCCCCCCCCC(C)(C)CC(Cc1ccccc1)C(=O)S. The number of benzene rings is 1. The van der Waals surface area contributed by atoms with E-state index < -0.39 is 0 Å². The Bertz CT molecular complexity index is 452. The van der Waals surface area contributed by atoms with Crippen LogP contribution in [0.4, 0.5) is 0 Å². The van der Waals surface area contributed by atoms with Crippen molar-refractivity contribution in [2.45, 2.75) is 85.0 Å². The molecule has 1 aromatic rings. The van der Waals surface area contributed by atoms with Gasteiger partial charge in [0.25, 0.3) is 0 Å². The molecule has 1 aromatic carbocycles. The van der Waals surface area contributed by atoms with Gasteiger partial charge in [-0.1, -0.05) is 96.0 Å². The molecule has 1 unspecified atom stereocenters. The molecule has 0 radical (unpaired) electrons. The quantitative estimate of drug-likeness (QED) is 0.304. The largest absolute Gasteiger partial charge is 0.287 e. The highest BCUT2D eigenvalue weighted by molar-refractivity contribution is 7.96. The summed E-state index contributed by atoms with van der Waals surface area (Å²) >= 11 is 4.15. The van der Waals surface area contributed by atoms with Crippen molar-refractivity contribution >= 4 is 17.7 Å². The van der Waals surface area contributed by atoms with Gasteiger partial charge < -0.3 is 0 Å². The Labute approximate surface area is 155 Å².